The summed E-state index contributed by atoms with van der Waals surface area (Å²) in [6.45, 7) is 0. The number of hydrogen-bond donors (Lipinski definition) is 2. The Bertz CT molecular complexity index is 237. The van der Waals surface area contributed by atoms with Gasteiger partial charge in [-0.05, 0) is 62.2 Å². The van der Waals surface area contributed by atoms with E-state index in [0.29, 0.717) is 6.04 Å². The van der Waals surface area contributed by atoms with Crippen LogP contribution in [0.2, 0.25) is 0 Å². The number of rotatable bonds is 6. The van der Waals surface area contributed by atoms with Crippen molar-refractivity contribution in [3.8, 4) is 0 Å². The van der Waals surface area contributed by atoms with Gasteiger partial charge in [0.15, 0.2) is 0 Å². The van der Waals surface area contributed by atoms with E-state index in [1.165, 1.54) is 57.8 Å². The average Bonchev–Trinajstić information content (AvgIpc) is 2.90. The summed E-state index contributed by atoms with van der Waals surface area (Å²) in [5.74, 6) is 9.89. The van der Waals surface area contributed by atoms with E-state index in [1.807, 2.05) is 0 Å². The van der Waals surface area contributed by atoms with Crippen molar-refractivity contribution in [1.29, 1.82) is 0 Å². The minimum atomic E-state index is 0.602. The van der Waals surface area contributed by atoms with Crippen molar-refractivity contribution >= 4 is 0 Å². The fourth-order valence-corrected chi connectivity index (χ4v) is 4.14. The molecule has 0 saturated heterocycles. The molecule has 0 spiro atoms. The first-order valence-corrected chi connectivity index (χ1v) is 7.31. The molecule has 3 aliphatic rings. The highest BCUT2D eigenvalue weighted by molar-refractivity contribution is 4.91. The van der Waals surface area contributed by atoms with E-state index in [4.69, 9.17) is 5.84 Å². The van der Waals surface area contributed by atoms with Gasteiger partial charge in [-0.15, -0.1) is 0 Å². The minimum Gasteiger partial charge on any atom is -0.271 e. The van der Waals surface area contributed by atoms with Crippen LogP contribution in [0, 0.1) is 23.7 Å². The molecule has 0 heterocycles. The molecular weight excluding hydrogens is 196 g/mol. The Balaban J connectivity index is 1.44. The van der Waals surface area contributed by atoms with Gasteiger partial charge in [-0.2, -0.15) is 0 Å². The van der Waals surface area contributed by atoms with Crippen LogP contribution in [0.25, 0.3) is 0 Å². The molecule has 2 bridgehead atoms. The molecule has 3 fully saturated rings. The summed E-state index contributed by atoms with van der Waals surface area (Å²) in [5.41, 5.74) is 3.07. The summed E-state index contributed by atoms with van der Waals surface area (Å²) in [6.07, 6.45) is 13.1. The van der Waals surface area contributed by atoms with E-state index < -0.39 is 0 Å². The lowest BCUT2D eigenvalue weighted by Gasteiger charge is -2.26. The van der Waals surface area contributed by atoms with E-state index in [1.54, 1.807) is 0 Å². The summed E-state index contributed by atoms with van der Waals surface area (Å²) in [5, 5.41) is 0. The molecule has 3 saturated carbocycles. The molecule has 2 heteroatoms. The third-order valence-corrected chi connectivity index (χ3v) is 5.33. The van der Waals surface area contributed by atoms with E-state index in [9.17, 15) is 0 Å². The maximum Gasteiger partial charge on any atom is 0.0213 e. The molecule has 3 N–H and O–H groups in total. The number of fused-ring (bicyclic) bond motifs is 2. The van der Waals surface area contributed by atoms with Crippen molar-refractivity contribution < 1.29 is 0 Å². The van der Waals surface area contributed by atoms with Crippen LogP contribution in [0.3, 0.4) is 0 Å². The smallest absolute Gasteiger partial charge is 0.0213 e. The van der Waals surface area contributed by atoms with Crippen molar-refractivity contribution in [3.05, 3.63) is 0 Å². The van der Waals surface area contributed by atoms with Crippen molar-refractivity contribution in [2.75, 3.05) is 0 Å². The highest BCUT2D eigenvalue weighted by Gasteiger charge is 2.40. The summed E-state index contributed by atoms with van der Waals surface area (Å²) in [6, 6.07) is 0.602. The Morgan fingerprint density at radius 1 is 1.12 bits per heavy atom. The van der Waals surface area contributed by atoms with Gasteiger partial charge in [-0.1, -0.05) is 19.3 Å². The molecule has 4 atom stereocenters. The van der Waals surface area contributed by atoms with Gasteiger partial charge in [-0.25, -0.2) is 0 Å². The van der Waals surface area contributed by atoms with Crippen molar-refractivity contribution in [1.82, 2.24) is 5.43 Å². The zero-order valence-corrected chi connectivity index (χ0v) is 10.3. The number of nitrogens with one attached hydrogen (secondary N) is 1. The molecule has 0 radical (unpaired) electrons. The van der Waals surface area contributed by atoms with Crippen LogP contribution in [0.15, 0.2) is 0 Å². The maximum absolute atomic E-state index is 5.71. The highest BCUT2D eigenvalue weighted by atomic mass is 15.2. The Hall–Kier alpha value is -0.0800. The van der Waals surface area contributed by atoms with Crippen LogP contribution in [-0.4, -0.2) is 6.04 Å². The monoisotopic (exact) mass is 222 g/mol. The molecule has 92 valence electrons. The van der Waals surface area contributed by atoms with Gasteiger partial charge in [0.1, 0.15) is 0 Å². The first-order chi connectivity index (χ1) is 7.85. The lowest BCUT2D eigenvalue weighted by molar-refractivity contribution is 0.269. The molecule has 2 nitrogen and oxygen atoms in total. The van der Waals surface area contributed by atoms with E-state index in [2.05, 4.69) is 5.43 Å². The number of nitrogens with two attached hydrogens (primary N) is 1. The maximum atomic E-state index is 5.71. The standard InChI is InChI=1S/C14H26N2/c15-16-14(6-4-10-1-2-10)9-13-8-11-3-5-12(13)7-11/h10-14,16H,1-9,15H2. The van der Waals surface area contributed by atoms with Gasteiger partial charge >= 0.3 is 0 Å². The second-order valence-corrected chi connectivity index (χ2v) is 6.55. The van der Waals surface area contributed by atoms with Gasteiger partial charge in [0.05, 0.1) is 0 Å². The summed E-state index contributed by atoms with van der Waals surface area (Å²) in [7, 11) is 0. The zero-order chi connectivity index (χ0) is 11.0. The average molecular weight is 222 g/mol. The molecular formula is C14H26N2. The summed E-state index contributed by atoms with van der Waals surface area (Å²) in [4.78, 5) is 0. The molecule has 0 aliphatic heterocycles. The van der Waals surface area contributed by atoms with Crippen LogP contribution < -0.4 is 11.3 Å². The first-order valence-electron chi connectivity index (χ1n) is 7.31. The first kappa shape index (κ1) is 11.0. The number of hydrogen-bond acceptors (Lipinski definition) is 2. The van der Waals surface area contributed by atoms with E-state index in [-0.39, 0.29) is 0 Å². The largest absolute Gasteiger partial charge is 0.271 e. The van der Waals surface area contributed by atoms with Gasteiger partial charge < -0.3 is 0 Å². The molecule has 0 aromatic carbocycles. The summed E-state index contributed by atoms with van der Waals surface area (Å²) < 4.78 is 0. The Morgan fingerprint density at radius 2 is 2.00 bits per heavy atom. The fraction of sp³-hybridized carbons (Fsp3) is 1.00. The van der Waals surface area contributed by atoms with Crippen LogP contribution in [0.4, 0.5) is 0 Å². The van der Waals surface area contributed by atoms with Crippen LogP contribution in [0.5, 0.6) is 0 Å². The van der Waals surface area contributed by atoms with Gasteiger partial charge in [0.25, 0.3) is 0 Å². The van der Waals surface area contributed by atoms with Gasteiger partial charge in [0, 0.05) is 6.04 Å². The van der Waals surface area contributed by atoms with Gasteiger partial charge in [-0.3, -0.25) is 11.3 Å². The highest BCUT2D eigenvalue weighted by Crippen LogP contribution is 2.50. The summed E-state index contributed by atoms with van der Waals surface area (Å²) >= 11 is 0. The lowest BCUT2D eigenvalue weighted by Crippen LogP contribution is -2.37. The van der Waals surface area contributed by atoms with Crippen LogP contribution in [-0.2, 0) is 0 Å². The molecule has 0 aromatic heterocycles. The number of hydrazine groups is 1. The predicted octanol–water partition coefficient (Wildman–Crippen LogP) is 2.83. The second kappa shape index (κ2) is 4.66. The second-order valence-electron chi connectivity index (χ2n) is 6.55. The Kier molecular flexibility index (Phi) is 3.21. The normalized spacial score (nSPS) is 39.2. The lowest BCUT2D eigenvalue weighted by atomic mass is 9.83. The molecule has 0 amide bonds. The minimum absolute atomic E-state index is 0.602. The third kappa shape index (κ3) is 2.43. The molecule has 16 heavy (non-hydrogen) atoms. The van der Waals surface area contributed by atoms with E-state index in [0.717, 1.165) is 23.7 Å². The molecule has 3 rings (SSSR count). The zero-order valence-electron chi connectivity index (χ0n) is 10.3. The van der Waals surface area contributed by atoms with Crippen LogP contribution in [0.1, 0.15) is 57.8 Å². The van der Waals surface area contributed by atoms with Crippen molar-refractivity contribution in [2.24, 2.45) is 29.5 Å². The SMILES string of the molecule is NNC(CCC1CC1)CC1CC2CCC1C2. The van der Waals surface area contributed by atoms with Crippen molar-refractivity contribution in [2.45, 2.75) is 63.8 Å². The predicted molar refractivity (Wildman–Crippen MR) is 66.6 cm³/mol. The quantitative estimate of drug-likeness (QED) is 0.536. The molecule has 3 aliphatic carbocycles. The fourth-order valence-electron chi connectivity index (χ4n) is 4.14. The Labute approximate surface area is 99.3 Å². The molecule has 0 aromatic rings. The van der Waals surface area contributed by atoms with Gasteiger partial charge in [0.2, 0.25) is 0 Å². The van der Waals surface area contributed by atoms with Crippen molar-refractivity contribution in [3.63, 3.8) is 0 Å². The van der Waals surface area contributed by atoms with E-state index >= 15 is 0 Å². The Morgan fingerprint density at radius 3 is 2.56 bits per heavy atom. The molecule has 4 unspecified atom stereocenters. The third-order valence-electron chi connectivity index (χ3n) is 5.33. The topological polar surface area (TPSA) is 38.0 Å². The van der Waals surface area contributed by atoms with Crippen LogP contribution >= 0.6 is 0 Å².